The summed E-state index contributed by atoms with van der Waals surface area (Å²) in [6.07, 6.45) is 6.69. The highest BCUT2D eigenvalue weighted by Crippen LogP contribution is 2.26. The van der Waals surface area contributed by atoms with Gasteiger partial charge in [0.15, 0.2) is 0 Å². The van der Waals surface area contributed by atoms with Gasteiger partial charge in [0.25, 0.3) is 17.7 Å². The topological polar surface area (TPSA) is 75.7 Å². The number of imide groups is 1. The van der Waals surface area contributed by atoms with Gasteiger partial charge in [0.1, 0.15) is 0 Å². The predicted molar refractivity (Wildman–Crippen MR) is 88.3 cm³/mol. The Morgan fingerprint density at radius 1 is 1.16 bits per heavy atom. The van der Waals surface area contributed by atoms with E-state index < -0.39 is 5.91 Å². The van der Waals surface area contributed by atoms with Crippen LogP contribution < -0.4 is 5.48 Å². The number of nitrogens with one attached hydrogen (secondary N) is 1. The summed E-state index contributed by atoms with van der Waals surface area (Å²) in [5.41, 5.74) is 3.11. The molecule has 1 aliphatic heterocycles. The Balaban J connectivity index is 2.21. The first-order valence-electron chi connectivity index (χ1n) is 7.56. The molecule has 0 spiro atoms. The number of likely N-dealkylation sites (tertiary alicyclic amines) is 1. The number of rotatable bonds is 5. The monoisotopic (exact) mass is 344 g/mol. The summed E-state index contributed by atoms with van der Waals surface area (Å²) in [5.74, 6) is -1.48. The fourth-order valence-electron chi connectivity index (χ4n) is 2.43. The molecule has 1 aliphatic rings. The van der Waals surface area contributed by atoms with Crippen molar-refractivity contribution in [2.75, 3.05) is 0 Å². The number of hydroxylamine groups is 1. The number of nitrogens with zero attached hydrogens (tertiary/aromatic N) is 1. The molecule has 1 aromatic carbocycles. The molecule has 0 aliphatic carbocycles. The summed E-state index contributed by atoms with van der Waals surface area (Å²) < 4.78 is 11.6. The number of carbonyl (C=O) groups excluding carboxylic acids is 3. The molecule has 3 amide bonds. The molecule has 1 aromatic rings. The van der Waals surface area contributed by atoms with Crippen molar-refractivity contribution in [3.8, 4) is 0 Å². The number of allylic oxidation sites excluding steroid dienone is 4. The summed E-state index contributed by atoms with van der Waals surface area (Å²) in [5, 5.41) is 3.08. The van der Waals surface area contributed by atoms with Crippen LogP contribution in [0.2, 0.25) is 0 Å². The van der Waals surface area contributed by atoms with Crippen LogP contribution >= 0.6 is 0 Å². The van der Waals surface area contributed by atoms with Crippen molar-refractivity contribution in [3.05, 3.63) is 70.8 Å². The van der Waals surface area contributed by atoms with Crippen molar-refractivity contribution in [2.24, 2.45) is 0 Å². The van der Waals surface area contributed by atoms with Crippen LogP contribution in [-0.4, -0.2) is 22.6 Å². The quantitative estimate of drug-likeness (QED) is 0.506. The van der Waals surface area contributed by atoms with Gasteiger partial charge in [0.05, 0.1) is 12.1 Å². The first-order valence-corrected chi connectivity index (χ1v) is 7.56. The molecule has 130 valence electrons. The van der Waals surface area contributed by atoms with Crippen LogP contribution in [0.5, 0.6) is 0 Å². The number of amides is 3. The minimum atomic E-state index is -0.741. The molecule has 6 nitrogen and oxygen atoms in total. The Bertz CT molecular complexity index is 779. The fraction of sp³-hybridized carbons (Fsp3) is 0.167. The van der Waals surface area contributed by atoms with E-state index in [2.05, 4.69) is 5.04 Å². The number of hydrogen-bond acceptors (Lipinski definition) is 4. The molecule has 0 saturated carbocycles. The van der Waals surface area contributed by atoms with E-state index in [4.69, 9.17) is 0 Å². The van der Waals surface area contributed by atoms with Crippen LogP contribution in [0.3, 0.4) is 0 Å². The van der Waals surface area contributed by atoms with Crippen molar-refractivity contribution in [2.45, 2.75) is 20.4 Å². The Kier molecular flexibility index (Phi) is 5.97. The molecular weight excluding hydrogens is 327 g/mol. The van der Waals surface area contributed by atoms with Crippen LogP contribution in [0.25, 0.3) is 0 Å². The van der Waals surface area contributed by atoms with Gasteiger partial charge in [0, 0.05) is 11.1 Å². The largest absolute Gasteiger partial charge is 0.277 e. The van der Waals surface area contributed by atoms with E-state index >= 15 is 0 Å². The van der Waals surface area contributed by atoms with Crippen LogP contribution in [0.1, 0.15) is 29.8 Å². The van der Waals surface area contributed by atoms with Crippen LogP contribution in [0.15, 0.2) is 59.7 Å². The van der Waals surface area contributed by atoms with E-state index in [1.54, 1.807) is 48.8 Å². The molecule has 0 unspecified atom stereocenters. The first kappa shape index (κ1) is 18.3. The Hall–Kier alpha value is -3.06. The summed E-state index contributed by atoms with van der Waals surface area (Å²) >= 11 is 0. The van der Waals surface area contributed by atoms with Crippen molar-refractivity contribution in [3.63, 3.8) is 0 Å². The van der Waals surface area contributed by atoms with E-state index in [1.165, 1.54) is 12.1 Å². The maximum atomic E-state index is 12.5. The zero-order valence-electron chi connectivity index (χ0n) is 13.8. The van der Waals surface area contributed by atoms with Gasteiger partial charge in [-0.05, 0) is 42.1 Å². The lowest BCUT2D eigenvalue weighted by molar-refractivity contribution is -0.176. The molecule has 1 N–H and O–H groups in total. The fourth-order valence-corrected chi connectivity index (χ4v) is 2.43. The third kappa shape index (κ3) is 3.89. The van der Waals surface area contributed by atoms with E-state index in [9.17, 15) is 18.9 Å². The normalized spacial score (nSPS) is 18.0. The third-order valence-corrected chi connectivity index (χ3v) is 3.67. The van der Waals surface area contributed by atoms with Gasteiger partial charge >= 0.3 is 0 Å². The van der Waals surface area contributed by atoms with Gasteiger partial charge in [-0.25, -0.2) is 0 Å². The molecule has 1 heterocycles. The van der Waals surface area contributed by atoms with Gasteiger partial charge in [0.2, 0.25) is 0 Å². The maximum absolute atomic E-state index is 12.5. The van der Waals surface area contributed by atoms with Gasteiger partial charge < -0.3 is 0 Å². The second-order valence-electron chi connectivity index (χ2n) is 5.21. The van der Waals surface area contributed by atoms with Crippen molar-refractivity contribution < 1.29 is 24.0 Å². The summed E-state index contributed by atoms with van der Waals surface area (Å²) in [4.78, 5) is 37.5. The van der Waals surface area contributed by atoms with Gasteiger partial charge in [-0.1, -0.05) is 35.4 Å². The Morgan fingerprint density at radius 2 is 1.80 bits per heavy atom. The molecule has 1 fully saturated rings. The van der Waals surface area contributed by atoms with Gasteiger partial charge in [-0.2, -0.15) is 5.48 Å². The zero-order chi connectivity index (χ0) is 18.4. The number of halogens is 1. The lowest BCUT2D eigenvalue weighted by Crippen LogP contribution is -2.29. The molecule has 1 saturated heterocycles. The Morgan fingerprint density at radius 3 is 2.36 bits per heavy atom. The van der Waals surface area contributed by atoms with E-state index in [1.807, 2.05) is 6.92 Å². The first-order chi connectivity index (χ1) is 12.0. The summed E-state index contributed by atoms with van der Waals surface area (Å²) in [7, 11) is 0. The van der Waals surface area contributed by atoms with E-state index in [0.717, 1.165) is 4.90 Å². The average Bonchev–Trinajstić information content (AvgIpc) is 2.84. The van der Waals surface area contributed by atoms with Crippen molar-refractivity contribution in [1.29, 1.82) is 0 Å². The van der Waals surface area contributed by atoms with Gasteiger partial charge in [-0.15, -0.1) is 0 Å². The smallest absolute Gasteiger partial charge is 0.270 e. The predicted octanol–water partition coefficient (Wildman–Crippen LogP) is 2.55. The SMILES string of the molecule is C\C=C/C=C1/C(=O)N(Cc2ccc(C(=O)NOF)cc2)C(=O)/C1=C/C. The standard InChI is InChI=1S/C18H17FN2O4/c1-3-5-6-15-14(4-2)17(23)21(18(15)24)11-12-7-9-13(10-8-12)16(22)20-25-19/h3-10H,11H2,1-2H3,(H,20,22)/b5-3-,14-4+,15-6+. The maximum Gasteiger partial charge on any atom is 0.277 e. The lowest BCUT2D eigenvalue weighted by Gasteiger charge is -2.13. The zero-order valence-corrected chi connectivity index (χ0v) is 13.8. The Labute approximate surface area is 144 Å². The second-order valence-corrected chi connectivity index (χ2v) is 5.21. The van der Waals surface area contributed by atoms with E-state index in [-0.39, 0.29) is 23.9 Å². The molecule has 0 aromatic heterocycles. The minimum absolute atomic E-state index is 0.0731. The highest BCUT2D eigenvalue weighted by atomic mass is 19.3. The summed E-state index contributed by atoms with van der Waals surface area (Å²) in [6.45, 7) is 3.59. The number of hydrogen-bond donors (Lipinski definition) is 1. The summed E-state index contributed by atoms with van der Waals surface area (Å²) in [6, 6.07) is 6.05. The number of benzene rings is 1. The minimum Gasteiger partial charge on any atom is -0.270 e. The molecule has 0 atom stereocenters. The molecule has 25 heavy (non-hydrogen) atoms. The van der Waals surface area contributed by atoms with Crippen LogP contribution in [0, 0.1) is 0 Å². The highest BCUT2D eigenvalue weighted by Gasteiger charge is 2.37. The second kappa shape index (κ2) is 8.16. The van der Waals surface area contributed by atoms with Crippen molar-refractivity contribution in [1.82, 2.24) is 10.4 Å². The lowest BCUT2D eigenvalue weighted by atomic mass is 10.1. The average molecular weight is 344 g/mol. The third-order valence-electron chi connectivity index (χ3n) is 3.67. The molecule has 0 bridgehead atoms. The van der Waals surface area contributed by atoms with E-state index in [0.29, 0.717) is 16.7 Å². The molecule has 7 heteroatoms. The molecule has 0 radical (unpaired) electrons. The molecular formula is C18H17FN2O4. The number of carbonyl (C=O) groups is 3. The van der Waals surface area contributed by atoms with Crippen LogP contribution in [-0.2, 0) is 21.2 Å². The van der Waals surface area contributed by atoms with Crippen molar-refractivity contribution >= 4 is 17.7 Å². The van der Waals surface area contributed by atoms with Crippen LogP contribution in [0.4, 0.5) is 4.53 Å². The molecule has 2 rings (SSSR count). The highest BCUT2D eigenvalue weighted by molar-refractivity contribution is 6.24. The van der Waals surface area contributed by atoms with Gasteiger partial charge in [-0.3, -0.25) is 19.3 Å².